The lowest BCUT2D eigenvalue weighted by atomic mass is 9.86. The molecule has 0 heterocycles. The summed E-state index contributed by atoms with van der Waals surface area (Å²) in [6, 6.07) is 5.99. The van der Waals surface area contributed by atoms with Gasteiger partial charge in [0.2, 0.25) is 0 Å². The third-order valence-corrected chi connectivity index (χ3v) is 4.33. The van der Waals surface area contributed by atoms with Crippen molar-refractivity contribution < 1.29 is 4.79 Å². The van der Waals surface area contributed by atoms with Crippen molar-refractivity contribution in [2.45, 2.75) is 38.6 Å². The van der Waals surface area contributed by atoms with Crippen molar-refractivity contribution in [1.29, 1.82) is 0 Å². The number of anilines is 2. The van der Waals surface area contributed by atoms with E-state index in [2.05, 4.69) is 24.2 Å². The maximum atomic E-state index is 12.0. The van der Waals surface area contributed by atoms with Gasteiger partial charge in [0.05, 0.1) is 11.3 Å². The Hall–Kier alpha value is -1.71. The van der Waals surface area contributed by atoms with E-state index in [4.69, 9.17) is 5.73 Å². The van der Waals surface area contributed by atoms with Gasteiger partial charge >= 0.3 is 0 Å². The minimum atomic E-state index is -0.0595. The molecule has 3 N–H and O–H groups in total. The lowest BCUT2D eigenvalue weighted by Crippen LogP contribution is -2.37. The second-order valence-corrected chi connectivity index (χ2v) is 5.89. The van der Waals surface area contributed by atoms with Crippen LogP contribution in [0.5, 0.6) is 0 Å². The Bertz CT molecular complexity index is 487. The number of hydrogen-bond acceptors (Lipinski definition) is 3. The maximum Gasteiger partial charge on any atom is 0.253 e. The molecule has 1 saturated carbocycles. The third kappa shape index (κ3) is 3.06. The maximum absolute atomic E-state index is 12.0. The molecule has 4 nitrogen and oxygen atoms in total. The average molecular weight is 275 g/mol. The van der Waals surface area contributed by atoms with Gasteiger partial charge in [-0.1, -0.05) is 19.8 Å². The smallest absolute Gasteiger partial charge is 0.253 e. The molecule has 1 aromatic rings. The molecule has 0 saturated heterocycles. The van der Waals surface area contributed by atoms with Gasteiger partial charge in [0.15, 0.2) is 0 Å². The molecule has 4 heteroatoms. The molecule has 2 unspecified atom stereocenters. The van der Waals surface area contributed by atoms with Gasteiger partial charge in [0.1, 0.15) is 0 Å². The number of benzene rings is 1. The van der Waals surface area contributed by atoms with Gasteiger partial charge in [-0.05, 0) is 37.0 Å². The van der Waals surface area contributed by atoms with Crippen molar-refractivity contribution in [2.75, 3.05) is 24.7 Å². The first kappa shape index (κ1) is 14.7. The van der Waals surface area contributed by atoms with Crippen LogP contribution < -0.4 is 16.0 Å². The lowest BCUT2D eigenvalue weighted by Gasteiger charge is -2.36. The van der Waals surface area contributed by atoms with E-state index >= 15 is 0 Å². The summed E-state index contributed by atoms with van der Waals surface area (Å²) in [5, 5.41) is 2.70. The quantitative estimate of drug-likeness (QED) is 0.834. The van der Waals surface area contributed by atoms with Crippen LogP contribution in [0.4, 0.5) is 11.4 Å². The number of nitrogen functional groups attached to an aromatic ring is 1. The van der Waals surface area contributed by atoms with E-state index in [1.165, 1.54) is 25.7 Å². The highest BCUT2D eigenvalue weighted by molar-refractivity contribution is 6.00. The van der Waals surface area contributed by atoms with Crippen molar-refractivity contribution in [3.63, 3.8) is 0 Å². The fourth-order valence-corrected chi connectivity index (χ4v) is 3.12. The Kier molecular flexibility index (Phi) is 4.53. The Morgan fingerprint density at radius 1 is 1.40 bits per heavy atom. The number of nitrogens with two attached hydrogens (primary N) is 1. The lowest BCUT2D eigenvalue weighted by molar-refractivity contribution is 0.0963. The number of carbonyl (C=O) groups excluding carboxylic acids is 1. The molecule has 2 rings (SSSR count). The topological polar surface area (TPSA) is 58.4 Å². The summed E-state index contributed by atoms with van der Waals surface area (Å²) < 4.78 is 0. The summed E-state index contributed by atoms with van der Waals surface area (Å²) >= 11 is 0. The predicted molar refractivity (Wildman–Crippen MR) is 84.1 cm³/mol. The van der Waals surface area contributed by atoms with Crippen LogP contribution in [0.15, 0.2) is 18.2 Å². The monoisotopic (exact) mass is 275 g/mol. The molecule has 0 radical (unpaired) electrons. The summed E-state index contributed by atoms with van der Waals surface area (Å²) in [5.41, 5.74) is 8.23. The molecule has 1 fully saturated rings. The summed E-state index contributed by atoms with van der Waals surface area (Å²) in [6.07, 6.45) is 4.93. The fraction of sp³-hybridized carbons (Fsp3) is 0.562. The minimum absolute atomic E-state index is 0.0595. The van der Waals surface area contributed by atoms with Crippen LogP contribution in [0.25, 0.3) is 0 Å². The van der Waals surface area contributed by atoms with Crippen molar-refractivity contribution in [3.8, 4) is 0 Å². The van der Waals surface area contributed by atoms with Crippen molar-refractivity contribution in [1.82, 2.24) is 5.32 Å². The van der Waals surface area contributed by atoms with Gasteiger partial charge in [0.25, 0.3) is 5.91 Å². The van der Waals surface area contributed by atoms with Gasteiger partial charge in [-0.3, -0.25) is 4.79 Å². The predicted octanol–water partition coefficient (Wildman–Crippen LogP) is 2.64. The molecule has 0 spiro atoms. The third-order valence-electron chi connectivity index (χ3n) is 4.33. The molecule has 1 aromatic carbocycles. The van der Waals surface area contributed by atoms with E-state index in [0.29, 0.717) is 17.3 Å². The minimum Gasteiger partial charge on any atom is -0.399 e. The highest BCUT2D eigenvalue weighted by Crippen LogP contribution is 2.32. The zero-order valence-corrected chi connectivity index (χ0v) is 12.6. The van der Waals surface area contributed by atoms with Gasteiger partial charge in [0, 0.05) is 25.8 Å². The molecule has 1 amide bonds. The van der Waals surface area contributed by atoms with E-state index < -0.39 is 0 Å². The summed E-state index contributed by atoms with van der Waals surface area (Å²) in [5.74, 6) is 0.691. The van der Waals surface area contributed by atoms with Crippen LogP contribution in [0, 0.1) is 5.92 Å². The van der Waals surface area contributed by atoms with Crippen LogP contribution in [0.2, 0.25) is 0 Å². The molecule has 1 aliphatic rings. The molecule has 2 atom stereocenters. The largest absolute Gasteiger partial charge is 0.399 e. The van der Waals surface area contributed by atoms with Gasteiger partial charge in [-0.15, -0.1) is 0 Å². The normalized spacial score (nSPS) is 22.4. The van der Waals surface area contributed by atoms with Crippen LogP contribution in [0.3, 0.4) is 0 Å². The highest BCUT2D eigenvalue weighted by Gasteiger charge is 2.25. The molecule has 1 aliphatic carbocycles. The van der Waals surface area contributed by atoms with Crippen molar-refractivity contribution in [3.05, 3.63) is 23.8 Å². The van der Waals surface area contributed by atoms with Crippen LogP contribution in [0.1, 0.15) is 43.0 Å². The molecule has 20 heavy (non-hydrogen) atoms. The Morgan fingerprint density at radius 2 is 2.15 bits per heavy atom. The van der Waals surface area contributed by atoms with Gasteiger partial charge in [-0.2, -0.15) is 0 Å². The first-order chi connectivity index (χ1) is 9.52. The second-order valence-electron chi connectivity index (χ2n) is 5.89. The van der Waals surface area contributed by atoms with Crippen molar-refractivity contribution in [2.24, 2.45) is 5.92 Å². The van der Waals surface area contributed by atoms with Crippen LogP contribution >= 0.6 is 0 Å². The fourth-order valence-electron chi connectivity index (χ4n) is 3.12. The summed E-state index contributed by atoms with van der Waals surface area (Å²) in [4.78, 5) is 14.3. The number of amides is 1. The van der Waals surface area contributed by atoms with E-state index in [1.54, 1.807) is 13.1 Å². The Balaban J connectivity index is 2.30. The molecule has 0 aliphatic heterocycles. The standard InChI is InChI=1S/C16H25N3O/c1-11-5-4-6-13(9-11)19(3)15-10-12(17)7-8-14(15)16(20)18-2/h7-8,10-11,13H,4-6,9,17H2,1-3H3,(H,18,20). The Labute approximate surface area is 121 Å². The average Bonchev–Trinajstić information content (AvgIpc) is 2.45. The van der Waals surface area contributed by atoms with Gasteiger partial charge < -0.3 is 16.0 Å². The number of nitrogens with one attached hydrogen (secondary N) is 1. The second kappa shape index (κ2) is 6.16. The van der Waals surface area contributed by atoms with Crippen molar-refractivity contribution >= 4 is 17.3 Å². The molecule has 0 aromatic heterocycles. The number of nitrogens with zero attached hydrogens (tertiary/aromatic N) is 1. The van der Waals surface area contributed by atoms with E-state index in [-0.39, 0.29) is 5.91 Å². The first-order valence-electron chi connectivity index (χ1n) is 7.37. The van der Waals surface area contributed by atoms with E-state index in [1.807, 2.05) is 12.1 Å². The number of carbonyl (C=O) groups is 1. The van der Waals surface area contributed by atoms with Gasteiger partial charge in [-0.25, -0.2) is 0 Å². The summed E-state index contributed by atoms with van der Waals surface area (Å²) in [6.45, 7) is 2.30. The number of rotatable bonds is 3. The molecular formula is C16H25N3O. The van der Waals surface area contributed by atoms with Crippen LogP contribution in [-0.2, 0) is 0 Å². The molecular weight excluding hydrogens is 250 g/mol. The Morgan fingerprint density at radius 3 is 2.80 bits per heavy atom. The zero-order chi connectivity index (χ0) is 14.7. The van der Waals surface area contributed by atoms with E-state index in [0.717, 1.165) is 11.6 Å². The van der Waals surface area contributed by atoms with Crippen LogP contribution in [-0.4, -0.2) is 26.0 Å². The SMILES string of the molecule is CNC(=O)c1ccc(N)cc1N(C)C1CCCC(C)C1. The molecule has 110 valence electrons. The summed E-state index contributed by atoms with van der Waals surface area (Å²) in [7, 11) is 3.73. The number of hydrogen-bond donors (Lipinski definition) is 2. The zero-order valence-electron chi connectivity index (χ0n) is 12.6. The van der Waals surface area contributed by atoms with E-state index in [9.17, 15) is 4.79 Å². The first-order valence-corrected chi connectivity index (χ1v) is 7.37. The molecule has 0 bridgehead atoms. The highest BCUT2D eigenvalue weighted by atomic mass is 16.1.